The summed E-state index contributed by atoms with van der Waals surface area (Å²) >= 11 is 3.19. The summed E-state index contributed by atoms with van der Waals surface area (Å²) in [7, 11) is 0. The smallest absolute Gasteiger partial charge is 0.230 e. The number of hydrogen-bond acceptors (Lipinski definition) is 5. The fraction of sp³-hybridized carbons (Fsp3) is 0.238. The summed E-state index contributed by atoms with van der Waals surface area (Å²) in [4.78, 5) is 17.9. The fourth-order valence-electron chi connectivity index (χ4n) is 2.54. The number of hydrogen-bond donors (Lipinski definition) is 1. The minimum Gasteiger partial charge on any atom is -0.486 e. The summed E-state index contributed by atoms with van der Waals surface area (Å²) in [5.41, 5.74) is 3.83. The first kappa shape index (κ1) is 19.5. The Kier molecular flexibility index (Phi) is 6.53. The molecular weight excluding hydrogens is 376 g/mol. The number of benzene rings is 2. The van der Waals surface area contributed by atoms with E-state index in [1.807, 2.05) is 61.9 Å². The number of nitrogens with one attached hydrogen (secondary N) is 1. The number of nitrogens with zero attached hydrogens (tertiary/aromatic N) is 1. The normalized spacial score (nSPS) is 10.6. The molecule has 3 rings (SSSR count). The number of ether oxygens (including phenoxy) is 1. The van der Waals surface area contributed by atoms with Crippen LogP contribution in [0.3, 0.4) is 0 Å². The van der Waals surface area contributed by atoms with Crippen molar-refractivity contribution in [3.05, 3.63) is 69.7 Å². The van der Waals surface area contributed by atoms with Crippen LogP contribution in [0.5, 0.6) is 5.75 Å². The number of amides is 1. The van der Waals surface area contributed by atoms with Crippen molar-refractivity contribution >= 4 is 34.7 Å². The lowest BCUT2D eigenvalue weighted by molar-refractivity contribution is -0.115. The molecule has 0 aliphatic heterocycles. The third-order valence-corrected chi connectivity index (χ3v) is 5.62. The molecule has 0 aliphatic carbocycles. The first-order valence-corrected chi connectivity index (χ1v) is 10.7. The van der Waals surface area contributed by atoms with E-state index in [1.54, 1.807) is 11.8 Å². The van der Waals surface area contributed by atoms with Crippen LogP contribution in [0.1, 0.15) is 21.8 Å². The van der Waals surface area contributed by atoms with Crippen LogP contribution in [0.2, 0.25) is 0 Å². The van der Waals surface area contributed by atoms with Gasteiger partial charge in [-0.2, -0.15) is 0 Å². The molecule has 0 saturated carbocycles. The van der Waals surface area contributed by atoms with Gasteiger partial charge in [-0.25, -0.2) is 4.98 Å². The predicted molar refractivity (Wildman–Crippen MR) is 113 cm³/mol. The van der Waals surface area contributed by atoms with Crippen molar-refractivity contribution in [1.82, 2.24) is 4.98 Å². The Balaban J connectivity index is 1.53. The van der Waals surface area contributed by atoms with Gasteiger partial charge in [0.1, 0.15) is 17.4 Å². The quantitative estimate of drug-likeness (QED) is 0.553. The summed E-state index contributed by atoms with van der Waals surface area (Å²) in [6.45, 7) is 4.48. The van der Waals surface area contributed by atoms with Crippen molar-refractivity contribution in [2.45, 2.75) is 31.8 Å². The molecule has 0 atom stereocenters. The third kappa shape index (κ3) is 5.58. The van der Waals surface area contributed by atoms with Gasteiger partial charge < -0.3 is 10.1 Å². The van der Waals surface area contributed by atoms with Gasteiger partial charge in [0.2, 0.25) is 5.91 Å². The van der Waals surface area contributed by atoms with Crippen LogP contribution < -0.4 is 10.1 Å². The maximum Gasteiger partial charge on any atom is 0.230 e. The van der Waals surface area contributed by atoms with Gasteiger partial charge in [0.05, 0.1) is 12.1 Å². The summed E-state index contributed by atoms with van der Waals surface area (Å²) in [6, 6.07) is 13.9. The average Bonchev–Trinajstić information content (AvgIpc) is 3.10. The maximum atomic E-state index is 12.2. The van der Waals surface area contributed by atoms with Crippen molar-refractivity contribution in [3.8, 4) is 5.75 Å². The third-order valence-electron chi connectivity index (χ3n) is 4.01. The van der Waals surface area contributed by atoms with Crippen LogP contribution in [0.25, 0.3) is 0 Å². The molecule has 0 unspecified atom stereocenters. The second-order valence-electron chi connectivity index (χ2n) is 6.24. The zero-order chi connectivity index (χ0) is 19.2. The minimum atomic E-state index is -0.0702. The first-order valence-electron chi connectivity index (χ1n) is 8.61. The topological polar surface area (TPSA) is 51.2 Å². The predicted octanol–water partition coefficient (Wildman–Crippen LogP) is 5.24. The number of thiazole rings is 1. The highest BCUT2D eigenvalue weighted by molar-refractivity contribution is 7.98. The van der Waals surface area contributed by atoms with E-state index in [0.717, 1.165) is 33.3 Å². The van der Waals surface area contributed by atoms with Crippen molar-refractivity contribution in [3.63, 3.8) is 0 Å². The summed E-state index contributed by atoms with van der Waals surface area (Å²) in [5.74, 6) is 0.803. The number of thioether (sulfide) groups is 1. The van der Waals surface area contributed by atoms with Gasteiger partial charge >= 0.3 is 0 Å². The van der Waals surface area contributed by atoms with Gasteiger partial charge in [-0.3, -0.25) is 4.79 Å². The van der Waals surface area contributed by atoms with Crippen LogP contribution in [0, 0.1) is 13.8 Å². The SMILES string of the molecule is CSc1ccc(NC(=O)Cc2csc(COc3cc(C)ccc3C)n2)cc1. The molecule has 0 radical (unpaired) electrons. The van der Waals surface area contributed by atoms with Crippen molar-refractivity contribution in [2.75, 3.05) is 11.6 Å². The molecule has 1 amide bonds. The number of aryl methyl sites for hydroxylation is 2. The highest BCUT2D eigenvalue weighted by atomic mass is 32.2. The molecule has 1 N–H and O–H groups in total. The Labute approximate surface area is 168 Å². The Morgan fingerprint density at radius 1 is 1.19 bits per heavy atom. The Morgan fingerprint density at radius 3 is 2.70 bits per heavy atom. The number of aromatic nitrogens is 1. The molecule has 0 spiro atoms. The van der Waals surface area contributed by atoms with Crippen molar-refractivity contribution in [1.29, 1.82) is 0 Å². The first-order chi connectivity index (χ1) is 13.0. The molecule has 6 heteroatoms. The molecule has 140 valence electrons. The molecule has 4 nitrogen and oxygen atoms in total. The maximum absolute atomic E-state index is 12.2. The van der Waals surface area contributed by atoms with Crippen molar-refractivity contribution < 1.29 is 9.53 Å². The van der Waals surface area contributed by atoms with E-state index in [2.05, 4.69) is 16.4 Å². The van der Waals surface area contributed by atoms with Gasteiger partial charge in [-0.1, -0.05) is 12.1 Å². The van der Waals surface area contributed by atoms with Crippen molar-refractivity contribution in [2.24, 2.45) is 0 Å². The number of rotatable bonds is 7. The number of carbonyl (C=O) groups is 1. The molecule has 0 bridgehead atoms. The second kappa shape index (κ2) is 9.06. The largest absolute Gasteiger partial charge is 0.486 e. The van der Waals surface area contributed by atoms with E-state index >= 15 is 0 Å². The highest BCUT2D eigenvalue weighted by Crippen LogP contribution is 2.22. The van der Waals surface area contributed by atoms with Gasteiger partial charge in [-0.15, -0.1) is 23.1 Å². The molecule has 1 aromatic heterocycles. The molecule has 0 aliphatic rings. The number of carbonyl (C=O) groups excluding carboxylic acids is 1. The van der Waals surface area contributed by atoms with Gasteiger partial charge in [0.25, 0.3) is 0 Å². The van der Waals surface area contributed by atoms with Crippen LogP contribution in [0.15, 0.2) is 52.7 Å². The number of anilines is 1. The van der Waals surface area contributed by atoms with Crippen LogP contribution in [-0.4, -0.2) is 17.1 Å². The van der Waals surface area contributed by atoms with Gasteiger partial charge in [0, 0.05) is 16.0 Å². The second-order valence-corrected chi connectivity index (χ2v) is 8.07. The zero-order valence-electron chi connectivity index (χ0n) is 15.6. The standard InChI is InChI=1S/C21H22N2O2S2/c1-14-4-5-15(2)19(10-14)25-12-21-23-17(13-27-21)11-20(24)22-16-6-8-18(26-3)9-7-16/h4-10,13H,11-12H2,1-3H3,(H,22,24). The Hall–Kier alpha value is -2.31. The molecule has 0 saturated heterocycles. The minimum absolute atomic E-state index is 0.0702. The van der Waals surface area contributed by atoms with E-state index in [0.29, 0.717) is 6.61 Å². The summed E-state index contributed by atoms with van der Waals surface area (Å²) in [6.07, 6.45) is 2.28. The average molecular weight is 399 g/mol. The van der Waals surface area contributed by atoms with Gasteiger partial charge in [-0.05, 0) is 61.6 Å². The summed E-state index contributed by atoms with van der Waals surface area (Å²) in [5, 5.41) is 5.69. The molecule has 27 heavy (non-hydrogen) atoms. The lowest BCUT2D eigenvalue weighted by Gasteiger charge is -2.08. The van der Waals surface area contributed by atoms with Crippen LogP contribution in [0.4, 0.5) is 5.69 Å². The van der Waals surface area contributed by atoms with E-state index in [4.69, 9.17) is 4.74 Å². The monoisotopic (exact) mass is 398 g/mol. The van der Waals surface area contributed by atoms with Gasteiger partial charge in [0.15, 0.2) is 0 Å². The Morgan fingerprint density at radius 2 is 1.96 bits per heavy atom. The van der Waals surface area contributed by atoms with Crippen LogP contribution >= 0.6 is 23.1 Å². The molecule has 1 heterocycles. The van der Waals surface area contributed by atoms with Crippen LogP contribution in [-0.2, 0) is 17.8 Å². The lowest BCUT2D eigenvalue weighted by Crippen LogP contribution is -2.14. The molecule has 3 aromatic rings. The highest BCUT2D eigenvalue weighted by Gasteiger charge is 2.09. The molecule has 0 fully saturated rings. The lowest BCUT2D eigenvalue weighted by atomic mass is 10.1. The fourth-order valence-corrected chi connectivity index (χ4v) is 3.66. The molecule has 2 aromatic carbocycles. The van der Waals surface area contributed by atoms with E-state index in [-0.39, 0.29) is 12.3 Å². The Bertz CT molecular complexity index is 920. The van der Waals surface area contributed by atoms with E-state index in [9.17, 15) is 4.79 Å². The van der Waals surface area contributed by atoms with E-state index < -0.39 is 0 Å². The zero-order valence-corrected chi connectivity index (χ0v) is 17.2. The summed E-state index contributed by atoms with van der Waals surface area (Å²) < 4.78 is 5.88. The van der Waals surface area contributed by atoms with E-state index in [1.165, 1.54) is 16.2 Å². The molecular formula is C21H22N2O2S2.